The van der Waals surface area contributed by atoms with Crippen LogP contribution in [0.3, 0.4) is 0 Å². The van der Waals surface area contributed by atoms with Crippen LogP contribution in [0, 0.1) is 11.3 Å². The molecular formula is C21H24N2O3. The van der Waals surface area contributed by atoms with Gasteiger partial charge in [-0.1, -0.05) is 26.3 Å². The van der Waals surface area contributed by atoms with Crippen LogP contribution in [0.25, 0.3) is 0 Å². The van der Waals surface area contributed by atoms with Crippen molar-refractivity contribution in [2.75, 3.05) is 5.32 Å². The maximum absolute atomic E-state index is 11.6. The van der Waals surface area contributed by atoms with E-state index in [4.69, 9.17) is 10.00 Å². The van der Waals surface area contributed by atoms with E-state index in [0.717, 1.165) is 30.4 Å². The number of phenols is 1. The summed E-state index contributed by atoms with van der Waals surface area (Å²) in [7, 11) is 0. The molecular weight excluding hydrogens is 328 g/mol. The standard InChI is InChI=1S/C21H24N2O3/c1-4-6-17-11-15(5-2)12-19(20(17)25)21(26-14(3)24)23-18-9-7-16(13-22)8-10-18/h7-12,21,23,25H,4-6H2,1-3H3. The van der Waals surface area contributed by atoms with Crippen molar-refractivity contribution in [2.45, 2.75) is 46.3 Å². The van der Waals surface area contributed by atoms with E-state index in [0.29, 0.717) is 16.8 Å². The lowest BCUT2D eigenvalue weighted by Crippen LogP contribution is -2.18. The number of aryl methyl sites for hydroxylation is 2. The number of phenolic OH excluding ortho intramolecular Hbond substituents is 1. The third kappa shape index (κ3) is 4.76. The molecule has 0 saturated carbocycles. The van der Waals surface area contributed by atoms with Gasteiger partial charge in [0.1, 0.15) is 5.75 Å². The summed E-state index contributed by atoms with van der Waals surface area (Å²) in [6.45, 7) is 5.43. The number of rotatable bonds is 7. The lowest BCUT2D eigenvalue weighted by molar-refractivity contribution is -0.145. The minimum Gasteiger partial charge on any atom is -0.507 e. The van der Waals surface area contributed by atoms with Crippen molar-refractivity contribution in [3.05, 3.63) is 58.7 Å². The highest BCUT2D eigenvalue weighted by molar-refractivity contribution is 5.67. The number of nitrogens with one attached hydrogen (secondary N) is 1. The largest absolute Gasteiger partial charge is 0.507 e. The summed E-state index contributed by atoms with van der Waals surface area (Å²) in [5.74, 6) is -0.300. The van der Waals surface area contributed by atoms with Gasteiger partial charge in [0, 0.05) is 12.6 Å². The summed E-state index contributed by atoms with van der Waals surface area (Å²) in [6.07, 6.45) is 1.65. The molecule has 2 N–H and O–H groups in total. The summed E-state index contributed by atoms with van der Waals surface area (Å²) >= 11 is 0. The Morgan fingerprint density at radius 3 is 2.50 bits per heavy atom. The molecule has 0 aromatic heterocycles. The van der Waals surface area contributed by atoms with E-state index in [1.54, 1.807) is 24.3 Å². The summed E-state index contributed by atoms with van der Waals surface area (Å²) in [4.78, 5) is 11.6. The number of hydrogen-bond acceptors (Lipinski definition) is 5. The third-order valence-corrected chi connectivity index (χ3v) is 4.08. The summed E-state index contributed by atoms with van der Waals surface area (Å²) in [5.41, 5.74) is 3.68. The van der Waals surface area contributed by atoms with Gasteiger partial charge in [-0.3, -0.25) is 4.79 Å². The van der Waals surface area contributed by atoms with Gasteiger partial charge in [0.2, 0.25) is 6.23 Å². The van der Waals surface area contributed by atoms with Crippen molar-refractivity contribution in [1.82, 2.24) is 0 Å². The minimum absolute atomic E-state index is 0.149. The second-order valence-electron chi connectivity index (χ2n) is 6.12. The molecule has 0 fully saturated rings. The molecule has 0 aliphatic rings. The number of ether oxygens (including phenoxy) is 1. The molecule has 1 unspecified atom stereocenters. The fourth-order valence-corrected chi connectivity index (χ4v) is 2.78. The van der Waals surface area contributed by atoms with Gasteiger partial charge in [-0.15, -0.1) is 0 Å². The Labute approximate surface area is 154 Å². The molecule has 136 valence electrons. The number of hydrogen-bond donors (Lipinski definition) is 2. The molecule has 0 spiro atoms. The number of carbonyl (C=O) groups is 1. The van der Waals surface area contributed by atoms with Crippen LogP contribution >= 0.6 is 0 Å². The highest BCUT2D eigenvalue weighted by Crippen LogP contribution is 2.33. The Morgan fingerprint density at radius 1 is 1.27 bits per heavy atom. The van der Waals surface area contributed by atoms with Crippen LogP contribution in [-0.2, 0) is 22.4 Å². The molecule has 5 heteroatoms. The maximum atomic E-state index is 11.6. The van der Waals surface area contributed by atoms with Crippen LogP contribution in [-0.4, -0.2) is 11.1 Å². The SMILES string of the molecule is CCCc1cc(CC)cc(C(Nc2ccc(C#N)cc2)OC(C)=O)c1O. The van der Waals surface area contributed by atoms with Gasteiger partial charge < -0.3 is 15.2 Å². The molecule has 0 aliphatic carbocycles. The van der Waals surface area contributed by atoms with E-state index in [1.807, 2.05) is 19.1 Å². The van der Waals surface area contributed by atoms with E-state index in [9.17, 15) is 9.90 Å². The van der Waals surface area contributed by atoms with Crippen molar-refractivity contribution < 1.29 is 14.6 Å². The molecule has 0 saturated heterocycles. The Balaban J connectivity index is 2.43. The Kier molecular flexibility index (Phi) is 6.62. The van der Waals surface area contributed by atoms with Crippen molar-refractivity contribution in [3.8, 4) is 11.8 Å². The predicted octanol–water partition coefficient (Wildman–Crippen LogP) is 4.45. The number of nitriles is 1. The summed E-state index contributed by atoms with van der Waals surface area (Å²) in [6, 6.07) is 12.8. The van der Waals surface area contributed by atoms with Crippen LogP contribution in [0.5, 0.6) is 5.75 Å². The molecule has 0 amide bonds. The fourth-order valence-electron chi connectivity index (χ4n) is 2.78. The second-order valence-corrected chi connectivity index (χ2v) is 6.12. The zero-order valence-electron chi connectivity index (χ0n) is 15.4. The predicted molar refractivity (Wildman–Crippen MR) is 101 cm³/mol. The zero-order chi connectivity index (χ0) is 19.1. The van der Waals surface area contributed by atoms with Gasteiger partial charge in [0.15, 0.2) is 0 Å². The van der Waals surface area contributed by atoms with Gasteiger partial charge in [-0.25, -0.2) is 0 Å². The molecule has 26 heavy (non-hydrogen) atoms. The number of benzene rings is 2. The highest BCUT2D eigenvalue weighted by atomic mass is 16.6. The molecule has 1 atom stereocenters. The average molecular weight is 352 g/mol. The van der Waals surface area contributed by atoms with Gasteiger partial charge >= 0.3 is 5.97 Å². The molecule has 0 heterocycles. The quantitative estimate of drug-likeness (QED) is 0.568. The molecule has 2 aromatic rings. The zero-order valence-corrected chi connectivity index (χ0v) is 15.4. The Hall–Kier alpha value is -3.00. The van der Waals surface area contributed by atoms with Crippen LogP contribution in [0.15, 0.2) is 36.4 Å². The van der Waals surface area contributed by atoms with E-state index in [1.165, 1.54) is 6.92 Å². The summed E-state index contributed by atoms with van der Waals surface area (Å²) < 4.78 is 5.44. The first kappa shape index (κ1) is 19.3. The number of carbonyl (C=O) groups excluding carboxylic acids is 1. The van der Waals surface area contributed by atoms with Crippen molar-refractivity contribution >= 4 is 11.7 Å². The first-order chi connectivity index (χ1) is 12.5. The van der Waals surface area contributed by atoms with E-state index in [2.05, 4.69) is 18.3 Å². The van der Waals surface area contributed by atoms with Gasteiger partial charge in [0.25, 0.3) is 0 Å². The lowest BCUT2D eigenvalue weighted by Gasteiger charge is -2.23. The normalized spacial score (nSPS) is 11.5. The number of esters is 1. The first-order valence-corrected chi connectivity index (χ1v) is 8.77. The maximum Gasteiger partial charge on any atom is 0.304 e. The van der Waals surface area contributed by atoms with Crippen molar-refractivity contribution in [2.24, 2.45) is 0 Å². The van der Waals surface area contributed by atoms with Gasteiger partial charge in [-0.2, -0.15) is 5.26 Å². The van der Waals surface area contributed by atoms with Crippen LogP contribution in [0.1, 0.15) is 55.7 Å². The molecule has 0 aliphatic heterocycles. The van der Waals surface area contributed by atoms with E-state index in [-0.39, 0.29) is 5.75 Å². The average Bonchev–Trinajstić information content (AvgIpc) is 2.63. The number of nitrogens with zero attached hydrogens (tertiary/aromatic N) is 1. The number of aromatic hydroxyl groups is 1. The molecule has 2 aromatic carbocycles. The Bertz CT molecular complexity index is 807. The van der Waals surface area contributed by atoms with Crippen LogP contribution in [0.2, 0.25) is 0 Å². The molecule has 2 rings (SSSR count). The highest BCUT2D eigenvalue weighted by Gasteiger charge is 2.21. The van der Waals surface area contributed by atoms with Crippen LogP contribution < -0.4 is 5.32 Å². The van der Waals surface area contributed by atoms with Gasteiger partial charge in [0.05, 0.1) is 17.2 Å². The third-order valence-electron chi connectivity index (χ3n) is 4.08. The smallest absolute Gasteiger partial charge is 0.304 e. The molecule has 0 radical (unpaired) electrons. The minimum atomic E-state index is -0.817. The topological polar surface area (TPSA) is 82.3 Å². The van der Waals surface area contributed by atoms with E-state index < -0.39 is 12.2 Å². The van der Waals surface area contributed by atoms with Crippen molar-refractivity contribution in [3.63, 3.8) is 0 Å². The van der Waals surface area contributed by atoms with Gasteiger partial charge in [-0.05, 0) is 54.3 Å². The monoisotopic (exact) mass is 352 g/mol. The lowest BCUT2D eigenvalue weighted by atomic mass is 9.98. The van der Waals surface area contributed by atoms with E-state index >= 15 is 0 Å². The molecule has 5 nitrogen and oxygen atoms in total. The number of anilines is 1. The van der Waals surface area contributed by atoms with Crippen molar-refractivity contribution in [1.29, 1.82) is 5.26 Å². The summed E-state index contributed by atoms with van der Waals surface area (Å²) in [5, 5.41) is 22.7. The molecule has 0 bridgehead atoms. The second kappa shape index (κ2) is 8.91. The van der Waals surface area contributed by atoms with Crippen LogP contribution in [0.4, 0.5) is 5.69 Å². The fraction of sp³-hybridized carbons (Fsp3) is 0.333. The first-order valence-electron chi connectivity index (χ1n) is 8.77. The Morgan fingerprint density at radius 2 is 1.96 bits per heavy atom.